The van der Waals surface area contributed by atoms with Crippen LogP contribution in [-0.2, 0) is 4.79 Å². The highest BCUT2D eigenvalue weighted by atomic mass is 16.5. The summed E-state index contributed by atoms with van der Waals surface area (Å²) in [4.78, 5) is 36.8. The van der Waals surface area contributed by atoms with E-state index in [2.05, 4.69) is 15.8 Å². The lowest BCUT2D eigenvalue weighted by molar-refractivity contribution is -0.120. The first-order chi connectivity index (χ1) is 17.4. The van der Waals surface area contributed by atoms with Crippen molar-refractivity contribution in [3.63, 3.8) is 0 Å². The highest BCUT2D eigenvalue weighted by Crippen LogP contribution is 2.38. The molecule has 10 heteroatoms. The molecule has 2 amide bonds. The van der Waals surface area contributed by atoms with E-state index in [1.165, 1.54) is 39.7 Å². The number of methoxy groups -OCH3 is 3. The molecule has 0 aliphatic carbocycles. The van der Waals surface area contributed by atoms with Gasteiger partial charge in [-0.1, -0.05) is 30.3 Å². The summed E-state index contributed by atoms with van der Waals surface area (Å²) in [6.45, 7) is -0.318. The van der Waals surface area contributed by atoms with Crippen molar-refractivity contribution in [1.82, 2.24) is 10.7 Å². The van der Waals surface area contributed by atoms with E-state index >= 15 is 0 Å². The van der Waals surface area contributed by atoms with Crippen LogP contribution in [0, 0.1) is 0 Å². The van der Waals surface area contributed by atoms with Crippen molar-refractivity contribution in [2.75, 3.05) is 27.9 Å². The molecule has 186 valence electrons. The van der Waals surface area contributed by atoms with E-state index in [4.69, 9.17) is 18.9 Å². The molecule has 0 radical (unpaired) electrons. The van der Waals surface area contributed by atoms with Crippen molar-refractivity contribution in [2.24, 2.45) is 5.10 Å². The fourth-order valence-corrected chi connectivity index (χ4v) is 3.09. The Kier molecular flexibility index (Phi) is 8.99. The number of ether oxygens (including phenoxy) is 4. The number of nitrogens with zero attached hydrogens (tertiary/aromatic N) is 1. The van der Waals surface area contributed by atoms with Gasteiger partial charge in [0.05, 0.1) is 39.7 Å². The summed E-state index contributed by atoms with van der Waals surface area (Å²) in [5.74, 6) is -0.236. The number of rotatable bonds is 10. The third-order valence-electron chi connectivity index (χ3n) is 4.82. The molecular formula is C26H25N3O7. The third kappa shape index (κ3) is 6.83. The molecule has 36 heavy (non-hydrogen) atoms. The van der Waals surface area contributed by atoms with Crippen molar-refractivity contribution < 1.29 is 33.3 Å². The molecule has 0 heterocycles. The molecule has 10 nitrogen and oxygen atoms in total. The number of esters is 1. The molecule has 0 fully saturated rings. The van der Waals surface area contributed by atoms with Crippen LogP contribution < -0.4 is 29.7 Å². The molecule has 0 saturated carbocycles. The number of hydrogen-bond donors (Lipinski definition) is 2. The highest BCUT2D eigenvalue weighted by molar-refractivity contribution is 5.97. The van der Waals surface area contributed by atoms with Crippen LogP contribution in [0.15, 0.2) is 71.8 Å². The van der Waals surface area contributed by atoms with Crippen molar-refractivity contribution in [1.29, 1.82) is 0 Å². The maximum Gasteiger partial charge on any atom is 0.343 e. The molecule has 3 rings (SSSR count). The average Bonchev–Trinajstić information content (AvgIpc) is 2.91. The van der Waals surface area contributed by atoms with Crippen LogP contribution in [0.3, 0.4) is 0 Å². The van der Waals surface area contributed by atoms with E-state index in [0.29, 0.717) is 34.1 Å². The van der Waals surface area contributed by atoms with Crippen molar-refractivity contribution in [3.05, 3.63) is 83.4 Å². The SMILES string of the molecule is COc1cc(C(=O)NCC(=O)NN=Cc2cccc(OC(=O)c3ccccc3)c2)cc(OC)c1OC. The minimum Gasteiger partial charge on any atom is -0.493 e. The summed E-state index contributed by atoms with van der Waals surface area (Å²) in [6.07, 6.45) is 1.39. The largest absolute Gasteiger partial charge is 0.493 e. The number of carbonyl (C=O) groups is 3. The molecule has 0 aliphatic heterocycles. The van der Waals surface area contributed by atoms with Gasteiger partial charge in [0.25, 0.3) is 11.8 Å². The first-order valence-corrected chi connectivity index (χ1v) is 10.7. The Morgan fingerprint density at radius 3 is 2.17 bits per heavy atom. The van der Waals surface area contributed by atoms with Gasteiger partial charge in [0.15, 0.2) is 11.5 Å². The van der Waals surface area contributed by atoms with Crippen molar-refractivity contribution in [3.8, 4) is 23.0 Å². The van der Waals surface area contributed by atoms with Crippen LogP contribution in [0.1, 0.15) is 26.3 Å². The van der Waals surface area contributed by atoms with Crippen LogP contribution in [0.2, 0.25) is 0 Å². The minimum atomic E-state index is -0.543. The zero-order chi connectivity index (χ0) is 25.9. The molecule has 0 unspecified atom stereocenters. The Hall–Kier alpha value is -4.86. The number of amides is 2. The van der Waals surface area contributed by atoms with E-state index in [1.54, 1.807) is 54.6 Å². The smallest absolute Gasteiger partial charge is 0.343 e. The van der Waals surface area contributed by atoms with Crippen molar-refractivity contribution >= 4 is 24.0 Å². The van der Waals surface area contributed by atoms with Gasteiger partial charge in [0, 0.05) is 5.56 Å². The summed E-state index contributed by atoms with van der Waals surface area (Å²) in [5, 5.41) is 6.37. The lowest BCUT2D eigenvalue weighted by atomic mass is 10.1. The fraction of sp³-hybridized carbons (Fsp3) is 0.154. The van der Waals surface area contributed by atoms with E-state index in [0.717, 1.165) is 0 Å². The second-order valence-corrected chi connectivity index (χ2v) is 7.22. The number of hydrazone groups is 1. The molecule has 3 aromatic rings. The van der Waals surface area contributed by atoms with Gasteiger partial charge in [-0.05, 0) is 42.0 Å². The maximum absolute atomic E-state index is 12.5. The van der Waals surface area contributed by atoms with Crippen LogP contribution >= 0.6 is 0 Å². The number of nitrogens with one attached hydrogen (secondary N) is 2. The van der Waals surface area contributed by atoms with E-state index in [9.17, 15) is 14.4 Å². The lowest BCUT2D eigenvalue weighted by Gasteiger charge is -2.14. The van der Waals surface area contributed by atoms with E-state index in [-0.39, 0.29) is 12.1 Å². The quantitative estimate of drug-likeness (QED) is 0.193. The predicted molar refractivity (Wildman–Crippen MR) is 132 cm³/mol. The Morgan fingerprint density at radius 1 is 0.833 bits per heavy atom. The summed E-state index contributed by atoms with van der Waals surface area (Å²) in [7, 11) is 4.33. The summed E-state index contributed by atoms with van der Waals surface area (Å²) in [5.41, 5.74) is 3.57. The topological polar surface area (TPSA) is 125 Å². The van der Waals surface area contributed by atoms with Gasteiger partial charge in [-0.15, -0.1) is 0 Å². The van der Waals surface area contributed by atoms with Gasteiger partial charge < -0.3 is 24.3 Å². The number of carbonyl (C=O) groups excluding carboxylic acids is 3. The van der Waals surface area contributed by atoms with Crippen LogP contribution in [0.5, 0.6) is 23.0 Å². The molecule has 3 aromatic carbocycles. The van der Waals surface area contributed by atoms with Gasteiger partial charge in [-0.25, -0.2) is 10.2 Å². The van der Waals surface area contributed by atoms with Gasteiger partial charge in [-0.2, -0.15) is 5.10 Å². The fourth-order valence-electron chi connectivity index (χ4n) is 3.09. The Morgan fingerprint density at radius 2 is 1.53 bits per heavy atom. The van der Waals surface area contributed by atoms with Gasteiger partial charge >= 0.3 is 5.97 Å². The summed E-state index contributed by atoms with van der Waals surface area (Å²) >= 11 is 0. The third-order valence-corrected chi connectivity index (χ3v) is 4.82. The molecular weight excluding hydrogens is 466 g/mol. The molecule has 0 saturated heterocycles. The Balaban J connectivity index is 1.53. The molecule has 2 N–H and O–H groups in total. The first-order valence-electron chi connectivity index (χ1n) is 10.7. The summed E-state index contributed by atoms with van der Waals surface area (Å²) < 4.78 is 21.1. The molecule has 0 bridgehead atoms. The second-order valence-electron chi connectivity index (χ2n) is 7.22. The monoisotopic (exact) mass is 491 g/mol. The van der Waals surface area contributed by atoms with Gasteiger partial charge in [0.2, 0.25) is 5.75 Å². The highest BCUT2D eigenvalue weighted by Gasteiger charge is 2.17. The summed E-state index contributed by atoms with van der Waals surface area (Å²) in [6, 6.07) is 18.2. The van der Waals surface area contributed by atoms with Crippen LogP contribution in [0.25, 0.3) is 0 Å². The Labute approximate surface area is 207 Å². The molecule has 0 aliphatic rings. The molecule has 0 aromatic heterocycles. The van der Waals surface area contributed by atoms with Gasteiger partial charge in [-0.3, -0.25) is 9.59 Å². The number of hydrogen-bond acceptors (Lipinski definition) is 8. The van der Waals surface area contributed by atoms with Gasteiger partial charge in [0.1, 0.15) is 5.75 Å². The molecule has 0 spiro atoms. The Bertz CT molecular complexity index is 1230. The number of benzene rings is 3. The first kappa shape index (κ1) is 25.8. The maximum atomic E-state index is 12.5. The zero-order valence-electron chi connectivity index (χ0n) is 19.9. The lowest BCUT2D eigenvalue weighted by Crippen LogP contribution is -2.34. The van der Waals surface area contributed by atoms with Crippen LogP contribution in [-0.4, -0.2) is 51.9 Å². The average molecular weight is 492 g/mol. The second kappa shape index (κ2) is 12.6. The van der Waals surface area contributed by atoms with E-state index in [1.807, 2.05) is 0 Å². The molecule has 0 atom stereocenters. The predicted octanol–water partition coefficient (Wildman–Crippen LogP) is 2.81. The normalized spacial score (nSPS) is 10.4. The van der Waals surface area contributed by atoms with E-state index < -0.39 is 17.8 Å². The van der Waals surface area contributed by atoms with Crippen molar-refractivity contribution in [2.45, 2.75) is 0 Å². The standard InChI is InChI=1S/C26H25N3O7/c1-33-21-13-19(14-22(34-2)24(21)35-3)25(31)27-16-23(30)29-28-15-17-8-7-11-20(12-17)36-26(32)18-9-5-4-6-10-18/h4-15H,16H2,1-3H3,(H,27,31)(H,29,30). The zero-order valence-corrected chi connectivity index (χ0v) is 19.9. The minimum absolute atomic E-state index is 0.225. The van der Waals surface area contributed by atoms with Crippen LogP contribution in [0.4, 0.5) is 0 Å².